The van der Waals surface area contributed by atoms with E-state index in [-0.39, 0.29) is 24.5 Å². The molecule has 3 aromatic rings. The van der Waals surface area contributed by atoms with Gasteiger partial charge in [0.15, 0.2) is 0 Å². The molecule has 37 heavy (non-hydrogen) atoms. The number of aryl methyl sites for hydroxylation is 1. The Morgan fingerprint density at radius 1 is 1.32 bits per heavy atom. The van der Waals surface area contributed by atoms with Crippen LogP contribution in [0.3, 0.4) is 0 Å². The highest BCUT2D eigenvalue weighted by molar-refractivity contribution is 7.84. The van der Waals surface area contributed by atoms with Crippen LogP contribution < -0.4 is 10.5 Å². The van der Waals surface area contributed by atoms with Crippen molar-refractivity contribution in [2.45, 2.75) is 44.4 Å². The van der Waals surface area contributed by atoms with Gasteiger partial charge < -0.3 is 15.2 Å². The lowest BCUT2D eigenvalue weighted by molar-refractivity contribution is 0.0700. The summed E-state index contributed by atoms with van der Waals surface area (Å²) in [7, 11) is -4.09. The Hall–Kier alpha value is -2.74. The SMILES string of the molecule is Cc1ccc2c(c1)C(c1csc(C(=O)c3cncnc3N[C@@H]3C[C@H](COS(N)(=O)=O)[C@@H](O)C3)c1)OCC2. The van der Waals surface area contributed by atoms with E-state index in [1.165, 1.54) is 29.4 Å². The summed E-state index contributed by atoms with van der Waals surface area (Å²) < 4.78 is 32.9. The average molecular weight is 545 g/mol. The number of ether oxygens (including phenoxy) is 1. The summed E-state index contributed by atoms with van der Waals surface area (Å²) in [5, 5.41) is 20.4. The van der Waals surface area contributed by atoms with E-state index < -0.39 is 22.3 Å². The Morgan fingerprint density at radius 2 is 2.16 bits per heavy atom. The number of hydrogen-bond donors (Lipinski definition) is 3. The minimum Gasteiger partial charge on any atom is -0.393 e. The number of aromatic nitrogens is 2. The zero-order valence-corrected chi connectivity index (χ0v) is 21.8. The number of benzene rings is 1. The van der Waals surface area contributed by atoms with Crippen molar-refractivity contribution in [3.05, 3.63) is 74.9 Å². The van der Waals surface area contributed by atoms with Gasteiger partial charge in [-0.2, -0.15) is 8.42 Å². The van der Waals surface area contributed by atoms with Crippen molar-refractivity contribution in [3.8, 4) is 0 Å². The summed E-state index contributed by atoms with van der Waals surface area (Å²) in [6, 6.07) is 8.02. The molecular weight excluding hydrogens is 516 g/mol. The van der Waals surface area contributed by atoms with E-state index in [2.05, 4.69) is 44.6 Å². The van der Waals surface area contributed by atoms with Crippen molar-refractivity contribution in [1.82, 2.24) is 9.97 Å². The Morgan fingerprint density at radius 3 is 2.97 bits per heavy atom. The number of nitrogens with two attached hydrogens (primary N) is 1. The van der Waals surface area contributed by atoms with Gasteiger partial charge >= 0.3 is 10.3 Å². The van der Waals surface area contributed by atoms with Crippen LogP contribution in [0.25, 0.3) is 0 Å². The van der Waals surface area contributed by atoms with E-state index in [4.69, 9.17) is 9.88 Å². The molecule has 1 aliphatic heterocycles. The quantitative estimate of drug-likeness (QED) is 0.363. The Kier molecular flexibility index (Phi) is 7.39. The van der Waals surface area contributed by atoms with Crippen molar-refractivity contribution in [2.24, 2.45) is 11.1 Å². The lowest BCUT2D eigenvalue weighted by Gasteiger charge is -2.26. The van der Waals surface area contributed by atoms with Crippen LogP contribution in [0, 0.1) is 12.8 Å². The van der Waals surface area contributed by atoms with E-state index in [0.717, 1.165) is 23.1 Å². The summed E-state index contributed by atoms with van der Waals surface area (Å²) >= 11 is 1.35. The van der Waals surface area contributed by atoms with Gasteiger partial charge in [-0.25, -0.2) is 15.1 Å². The van der Waals surface area contributed by atoms with E-state index in [9.17, 15) is 18.3 Å². The smallest absolute Gasteiger partial charge is 0.333 e. The number of nitrogens with one attached hydrogen (secondary N) is 1. The van der Waals surface area contributed by atoms with E-state index >= 15 is 0 Å². The van der Waals surface area contributed by atoms with Crippen molar-refractivity contribution in [3.63, 3.8) is 0 Å². The third-order valence-corrected chi connectivity index (χ3v) is 8.20. The van der Waals surface area contributed by atoms with Crippen LogP contribution in [0.5, 0.6) is 0 Å². The van der Waals surface area contributed by atoms with Crippen molar-refractivity contribution in [2.75, 3.05) is 18.5 Å². The molecular formula is C25H28N4O6S2. The van der Waals surface area contributed by atoms with Gasteiger partial charge in [0.05, 0.1) is 29.8 Å². The van der Waals surface area contributed by atoms with Gasteiger partial charge in [0.25, 0.3) is 0 Å². The first-order valence-corrected chi connectivity index (χ1v) is 14.3. The molecule has 1 saturated carbocycles. The summed E-state index contributed by atoms with van der Waals surface area (Å²) in [6.07, 6.45) is 3.46. The zero-order chi connectivity index (χ0) is 26.2. The average Bonchev–Trinajstić information content (AvgIpc) is 3.48. The molecule has 3 heterocycles. The topological polar surface area (TPSA) is 154 Å². The molecule has 5 rings (SSSR count). The first-order valence-electron chi connectivity index (χ1n) is 11.9. The molecule has 1 unspecified atom stereocenters. The molecule has 0 amide bonds. The number of carbonyl (C=O) groups excluding carboxylic acids is 1. The lowest BCUT2D eigenvalue weighted by atomic mass is 9.92. The molecule has 12 heteroatoms. The number of rotatable bonds is 8. The van der Waals surface area contributed by atoms with Gasteiger partial charge in [0.2, 0.25) is 5.78 Å². The van der Waals surface area contributed by atoms with E-state index in [1.54, 1.807) is 0 Å². The standard InChI is InChI=1S/C25H28N4O6S2/c1-14-2-3-15-4-5-34-24(19(15)6-14)17-8-22(36-12-17)23(31)20-10-27-13-28-25(20)29-18-7-16(21(30)9-18)11-35-37(26,32)33/h2-3,6,8,10,12-13,16,18,21,24,30H,4-5,7,9,11H2,1H3,(H2,26,32,33)(H,27,28,29)/t16-,18-,21+,24?/m1/s1. The highest BCUT2D eigenvalue weighted by atomic mass is 32.2. The lowest BCUT2D eigenvalue weighted by Crippen LogP contribution is -2.24. The number of hydrogen-bond acceptors (Lipinski definition) is 10. The molecule has 1 aromatic carbocycles. The fraction of sp³-hybridized carbons (Fsp3) is 0.400. The van der Waals surface area contributed by atoms with Crippen molar-refractivity contribution < 1.29 is 27.2 Å². The van der Waals surface area contributed by atoms with Crippen LogP contribution in [0.2, 0.25) is 0 Å². The number of thiophene rings is 1. The van der Waals surface area contributed by atoms with Crippen LogP contribution in [0.1, 0.15) is 56.4 Å². The monoisotopic (exact) mass is 544 g/mol. The summed E-state index contributed by atoms with van der Waals surface area (Å²) in [5.74, 6) is -0.277. The van der Waals surface area contributed by atoms with Gasteiger partial charge in [-0.15, -0.1) is 11.3 Å². The molecule has 0 bridgehead atoms. The van der Waals surface area contributed by atoms with Crippen LogP contribution in [0.15, 0.2) is 42.2 Å². The molecule has 4 atom stereocenters. The second-order valence-corrected chi connectivity index (χ2v) is 11.6. The number of fused-ring (bicyclic) bond motifs is 1. The number of carbonyl (C=O) groups is 1. The third-order valence-electron chi connectivity index (χ3n) is 6.79. The maximum absolute atomic E-state index is 13.5. The second-order valence-electron chi connectivity index (χ2n) is 9.48. The first-order chi connectivity index (χ1) is 17.7. The minimum atomic E-state index is -4.09. The highest BCUT2D eigenvalue weighted by Gasteiger charge is 2.35. The maximum atomic E-state index is 13.5. The van der Waals surface area contributed by atoms with Crippen molar-refractivity contribution >= 4 is 33.2 Å². The largest absolute Gasteiger partial charge is 0.393 e. The second kappa shape index (κ2) is 10.6. The molecule has 0 spiro atoms. The molecule has 1 aliphatic carbocycles. The van der Waals surface area contributed by atoms with Gasteiger partial charge in [0, 0.05) is 18.2 Å². The fourth-order valence-electron chi connectivity index (χ4n) is 4.96. The summed E-state index contributed by atoms with van der Waals surface area (Å²) in [4.78, 5) is 22.3. The molecule has 4 N–H and O–H groups in total. The predicted molar refractivity (Wildman–Crippen MR) is 138 cm³/mol. The molecule has 196 valence electrons. The third kappa shape index (κ3) is 5.89. The summed E-state index contributed by atoms with van der Waals surface area (Å²) in [6.45, 7) is 2.46. The van der Waals surface area contributed by atoms with E-state index in [1.807, 2.05) is 11.4 Å². The zero-order valence-electron chi connectivity index (χ0n) is 20.2. The molecule has 2 aliphatic rings. The molecule has 0 radical (unpaired) electrons. The van der Waals surface area contributed by atoms with Crippen molar-refractivity contribution in [1.29, 1.82) is 0 Å². The number of nitrogens with zero attached hydrogens (tertiary/aromatic N) is 2. The predicted octanol–water partition coefficient (Wildman–Crippen LogP) is 2.51. The van der Waals surface area contributed by atoms with Gasteiger partial charge in [-0.05, 0) is 54.3 Å². The van der Waals surface area contributed by atoms with Crippen LogP contribution in [0.4, 0.5) is 5.82 Å². The minimum absolute atomic E-state index is 0.211. The van der Waals surface area contributed by atoms with Crippen LogP contribution >= 0.6 is 11.3 Å². The molecule has 2 aromatic heterocycles. The summed E-state index contributed by atoms with van der Waals surface area (Å²) in [5.41, 5.74) is 4.80. The Labute approximate surface area is 219 Å². The van der Waals surface area contributed by atoms with Gasteiger partial charge in [-0.1, -0.05) is 23.8 Å². The number of ketones is 1. The van der Waals surface area contributed by atoms with Gasteiger partial charge in [-0.3, -0.25) is 8.98 Å². The maximum Gasteiger partial charge on any atom is 0.333 e. The number of anilines is 1. The van der Waals surface area contributed by atoms with Crippen LogP contribution in [-0.2, 0) is 25.6 Å². The molecule has 10 nitrogen and oxygen atoms in total. The Bertz CT molecular complexity index is 1410. The fourth-order valence-corrected chi connectivity index (χ4v) is 6.20. The van der Waals surface area contributed by atoms with Gasteiger partial charge in [0.1, 0.15) is 18.2 Å². The normalized spacial score (nSPS) is 23.5. The van der Waals surface area contributed by atoms with E-state index in [0.29, 0.717) is 35.7 Å². The Balaban J connectivity index is 1.32. The first kappa shape index (κ1) is 25.9. The number of aliphatic hydroxyl groups is 1. The number of aliphatic hydroxyl groups excluding tert-OH is 1. The highest BCUT2D eigenvalue weighted by Crippen LogP contribution is 2.36. The molecule has 1 fully saturated rings. The van der Waals surface area contributed by atoms with Crippen LogP contribution in [-0.4, -0.2) is 54.6 Å². The molecule has 0 saturated heterocycles.